The lowest BCUT2D eigenvalue weighted by Crippen LogP contribution is -2.43. The highest BCUT2D eigenvalue weighted by Gasteiger charge is 2.29. The summed E-state index contributed by atoms with van der Waals surface area (Å²) in [4.78, 5) is 15.5. The fourth-order valence-electron chi connectivity index (χ4n) is 3.42. The van der Waals surface area contributed by atoms with Gasteiger partial charge in [0.2, 0.25) is 5.91 Å². The van der Waals surface area contributed by atoms with Crippen LogP contribution in [0.25, 0.3) is 0 Å². The van der Waals surface area contributed by atoms with Crippen molar-refractivity contribution in [2.24, 2.45) is 5.92 Å². The largest absolute Gasteiger partial charge is 0.342 e. The summed E-state index contributed by atoms with van der Waals surface area (Å²) >= 11 is 1.64. The quantitative estimate of drug-likeness (QED) is 0.868. The van der Waals surface area contributed by atoms with Crippen molar-refractivity contribution in [1.29, 1.82) is 0 Å². The highest BCUT2D eigenvalue weighted by atomic mass is 32.2. The molecule has 3 rings (SSSR count). The van der Waals surface area contributed by atoms with Gasteiger partial charge in [-0.3, -0.25) is 4.79 Å². The molecule has 0 bridgehead atoms. The Hall–Kier alpha value is -1.00. The van der Waals surface area contributed by atoms with Gasteiger partial charge in [-0.2, -0.15) is 0 Å². The van der Waals surface area contributed by atoms with E-state index in [-0.39, 0.29) is 0 Å². The van der Waals surface area contributed by atoms with Crippen molar-refractivity contribution in [1.82, 2.24) is 10.2 Å². The van der Waals surface area contributed by atoms with Crippen LogP contribution < -0.4 is 5.32 Å². The molecule has 2 aliphatic rings. The van der Waals surface area contributed by atoms with E-state index in [0.717, 1.165) is 19.0 Å². The van der Waals surface area contributed by atoms with Gasteiger partial charge in [-0.1, -0.05) is 18.2 Å². The summed E-state index contributed by atoms with van der Waals surface area (Å²) in [7, 11) is 0. The minimum Gasteiger partial charge on any atom is -0.342 e. The smallest absolute Gasteiger partial charge is 0.232 e. The molecule has 21 heavy (non-hydrogen) atoms. The van der Waals surface area contributed by atoms with Crippen LogP contribution in [0.4, 0.5) is 0 Å². The Morgan fingerprint density at radius 3 is 2.62 bits per heavy atom. The first-order chi connectivity index (χ1) is 10.3. The maximum Gasteiger partial charge on any atom is 0.232 e. The molecule has 2 heterocycles. The molecule has 1 unspecified atom stereocenters. The van der Waals surface area contributed by atoms with Crippen LogP contribution in [0.1, 0.15) is 25.7 Å². The average molecular weight is 304 g/mol. The summed E-state index contributed by atoms with van der Waals surface area (Å²) < 4.78 is 0. The molecule has 2 saturated heterocycles. The van der Waals surface area contributed by atoms with Gasteiger partial charge < -0.3 is 10.2 Å². The molecule has 2 fully saturated rings. The molecule has 0 radical (unpaired) electrons. The number of carbonyl (C=O) groups is 1. The monoisotopic (exact) mass is 304 g/mol. The molecular formula is C17H24N2OS. The molecule has 0 spiro atoms. The van der Waals surface area contributed by atoms with Crippen LogP contribution in [0.3, 0.4) is 0 Å². The Labute approximate surface area is 131 Å². The first-order valence-electron chi connectivity index (χ1n) is 8.02. The van der Waals surface area contributed by atoms with Crippen LogP contribution in [-0.4, -0.2) is 42.2 Å². The maximum absolute atomic E-state index is 12.3. The molecule has 2 aliphatic heterocycles. The third kappa shape index (κ3) is 4.01. The summed E-state index contributed by atoms with van der Waals surface area (Å²) in [5, 5.41) is 3.61. The molecule has 4 heteroatoms. The van der Waals surface area contributed by atoms with Gasteiger partial charge in [-0.05, 0) is 50.3 Å². The third-order valence-electron chi connectivity index (χ3n) is 4.67. The molecule has 1 aromatic carbocycles. The Bertz CT molecular complexity index is 451. The van der Waals surface area contributed by atoms with Crippen molar-refractivity contribution in [3.8, 4) is 0 Å². The topological polar surface area (TPSA) is 32.3 Å². The predicted molar refractivity (Wildman–Crippen MR) is 87.5 cm³/mol. The average Bonchev–Trinajstić information content (AvgIpc) is 3.08. The van der Waals surface area contributed by atoms with E-state index in [4.69, 9.17) is 0 Å². The lowest BCUT2D eigenvalue weighted by atomic mass is 9.88. The van der Waals surface area contributed by atoms with Gasteiger partial charge in [-0.15, -0.1) is 11.8 Å². The Kier molecular flexibility index (Phi) is 5.20. The number of likely N-dealkylation sites (tertiary alicyclic amines) is 1. The van der Waals surface area contributed by atoms with Crippen molar-refractivity contribution in [3.63, 3.8) is 0 Å². The maximum atomic E-state index is 12.3. The molecule has 1 aromatic rings. The minimum absolute atomic E-state index is 0.293. The molecule has 114 valence electrons. The number of hydrogen-bond acceptors (Lipinski definition) is 3. The van der Waals surface area contributed by atoms with Crippen molar-refractivity contribution in [3.05, 3.63) is 30.3 Å². The number of hydrogen-bond donors (Lipinski definition) is 1. The van der Waals surface area contributed by atoms with Crippen LogP contribution >= 0.6 is 11.8 Å². The van der Waals surface area contributed by atoms with E-state index in [1.807, 2.05) is 18.2 Å². The number of amides is 1. The van der Waals surface area contributed by atoms with E-state index in [9.17, 15) is 4.79 Å². The summed E-state index contributed by atoms with van der Waals surface area (Å²) in [6, 6.07) is 10.9. The molecule has 3 nitrogen and oxygen atoms in total. The zero-order valence-corrected chi connectivity index (χ0v) is 13.3. The van der Waals surface area contributed by atoms with E-state index in [2.05, 4.69) is 22.3 Å². The number of carbonyl (C=O) groups excluding carboxylic acids is 1. The van der Waals surface area contributed by atoms with Gasteiger partial charge in [0, 0.05) is 24.0 Å². The van der Waals surface area contributed by atoms with Crippen LogP contribution in [0.15, 0.2) is 35.2 Å². The van der Waals surface area contributed by atoms with Crippen molar-refractivity contribution in [2.75, 3.05) is 25.4 Å². The molecule has 0 aliphatic carbocycles. The summed E-state index contributed by atoms with van der Waals surface area (Å²) in [6.45, 7) is 3.06. The lowest BCUT2D eigenvalue weighted by molar-refractivity contribution is -0.129. The zero-order valence-electron chi connectivity index (χ0n) is 12.5. The molecule has 1 atom stereocenters. The highest BCUT2D eigenvalue weighted by molar-refractivity contribution is 8.00. The van der Waals surface area contributed by atoms with Gasteiger partial charge in [0.15, 0.2) is 0 Å². The normalized spacial score (nSPS) is 23.4. The Morgan fingerprint density at radius 1 is 1.19 bits per heavy atom. The number of thioether (sulfide) groups is 1. The second kappa shape index (κ2) is 7.32. The van der Waals surface area contributed by atoms with Gasteiger partial charge >= 0.3 is 0 Å². The number of rotatable bonds is 4. The van der Waals surface area contributed by atoms with Gasteiger partial charge in [-0.25, -0.2) is 0 Å². The zero-order chi connectivity index (χ0) is 14.5. The standard InChI is InChI=1S/C17H24N2OS/c20-17(13-21-15-5-2-1-3-6-15)19-11-8-14(9-12-19)16-7-4-10-18-16/h1-3,5-6,14,16,18H,4,7-13H2. The Balaban J connectivity index is 1.42. The second-order valence-corrected chi connectivity index (χ2v) is 7.07. The number of benzene rings is 1. The summed E-state index contributed by atoms with van der Waals surface area (Å²) in [6.07, 6.45) is 4.97. The van der Waals surface area contributed by atoms with E-state index >= 15 is 0 Å². The van der Waals surface area contributed by atoms with Crippen LogP contribution in [0.2, 0.25) is 0 Å². The van der Waals surface area contributed by atoms with Gasteiger partial charge in [0.05, 0.1) is 5.75 Å². The van der Waals surface area contributed by atoms with E-state index < -0.39 is 0 Å². The molecule has 1 N–H and O–H groups in total. The van der Waals surface area contributed by atoms with E-state index in [1.54, 1.807) is 11.8 Å². The van der Waals surface area contributed by atoms with E-state index in [0.29, 0.717) is 17.7 Å². The predicted octanol–water partition coefficient (Wildman–Crippen LogP) is 2.77. The molecule has 0 aromatic heterocycles. The highest BCUT2D eigenvalue weighted by Crippen LogP contribution is 2.26. The summed E-state index contributed by atoms with van der Waals surface area (Å²) in [5.74, 6) is 1.64. The molecule has 0 saturated carbocycles. The number of nitrogens with one attached hydrogen (secondary N) is 1. The lowest BCUT2D eigenvalue weighted by Gasteiger charge is -2.35. The first-order valence-corrected chi connectivity index (χ1v) is 9.00. The minimum atomic E-state index is 0.293. The fraction of sp³-hybridized carbons (Fsp3) is 0.588. The van der Waals surface area contributed by atoms with Crippen LogP contribution in [-0.2, 0) is 4.79 Å². The first kappa shape index (κ1) is 14.9. The van der Waals surface area contributed by atoms with Crippen LogP contribution in [0, 0.1) is 5.92 Å². The van der Waals surface area contributed by atoms with Crippen molar-refractivity contribution >= 4 is 17.7 Å². The second-order valence-electron chi connectivity index (χ2n) is 6.02. The Morgan fingerprint density at radius 2 is 1.95 bits per heavy atom. The number of piperidine rings is 1. The number of nitrogens with zero attached hydrogens (tertiary/aromatic N) is 1. The van der Waals surface area contributed by atoms with Crippen LogP contribution in [0.5, 0.6) is 0 Å². The van der Waals surface area contributed by atoms with Crippen molar-refractivity contribution < 1.29 is 4.79 Å². The van der Waals surface area contributed by atoms with Gasteiger partial charge in [0.25, 0.3) is 0 Å². The third-order valence-corrected chi connectivity index (χ3v) is 5.66. The van der Waals surface area contributed by atoms with Crippen molar-refractivity contribution in [2.45, 2.75) is 36.6 Å². The molecular weight excluding hydrogens is 280 g/mol. The fourth-order valence-corrected chi connectivity index (χ4v) is 4.24. The SMILES string of the molecule is O=C(CSc1ccccc1)N1CCC(C2CCCN2)CC1. The van der Waals surface area contributed by atoms with E-state index in [1.165, 1.54) is 37.1 Å². The van der Waals surface area contributed by atoms with Gasteiger partial charge in [0.1, 0.15) is 0 Å². The molecule has 1 amide bonds. The summed E-state index contributed by atoms with van der Waals surface area (Å²) in [5.41, 5.74) is 0.